The lowest BCUT2D eigenvalue weighted by Gasteiger charge is -2.21. The number of carbonyl (C=O) groups excluding carboxylic acids is 1. The van der Waals surface area contributed by atoms with Crippen LogP contribution >= 0.6 is 0 Å². The van der Waals surface area contributed by atoms with Gasteiger partial charge in [-0.3, -0.25) is 14.2 Å². The highest BCUT2D eigenvalue weighted by Crippen LogP contribution is 2.68. The molecule has 0 radical (unpaired) electrons. The van der Waals surface area contributed by atoms with Crippen molar-refractivity contribution in [1.82, 2.24) is 24.5 Å². The first kappa shape index (κ1) is 35.7. The molecule has 0 unspecified atom stereocenters. The summed E-state index contributed by atoms with van der Waals surface area (Å²) < 4.78 is 89.8. The van der Waals surface area contributed by atoms with E-state index < -0.39 is 77.5 Å². The molecule has 3 N–H and O–H groups in total. The van der Waals surface area contributed by atoms with Gasteiger partial charge in [-0.25, -0.2) is 22.5 Å². The number of carbonyl (C=O) groups is 1. The number of nitrogens with two attached hydrogens (primary N) is 1. The van der Waals surface area contributed by atoms with Gasteiger partial charge in [0.25, 0.3) is 12.3 Å². The van der Waals surface area contributed by atoms with E-state index in [4.69, 9.17) is 10.7 Å². The van der Waals surface area contributed by atoms with Crippen molar-refractivity contribution < 1.29 is 36.2 Å². The molecule has 0 bridgehead atoms. The lowest BCUT2D eigenvalue weighted by molar-refractivity contribution is -0.120. The number of halogens is 6. The van der Waals surface area contributed by atoms with Gasteiger partial charge < -0.3 is 10.8 Å². The molecule has 53 heavy (non-hydrogen) atoms. The van der Waals surface area contributed by atoms with Crippen LogP contribution in [0.1, 0.15) is 84.4 Å². The molecule has 0 aliphatic heterocycles. The Labute approximate surface area is 299 Å². The average Bonchev–Trinajstić information content (AvgIpc) is 3.63. The lowest BCUT2D eigenvalue weighted by Crippen LogP contribution is -2.24. The Morgan fingerprint density at radius 2 is 1.79 bits per heavy atom. The molecule has 3 heterocycles. The fraction of sp³-hybridized carbons (Fsp3) is 0.342. The molecule has 3 atom stereocenters. The molecule has 0 saturated heterocycles. The van der Waals surface area contributed by atoms with Crippen LogP contribution in [0.4, 0.5) is 32.2 Å². The molecule has 7 rings (SSSR count). The highest BCUT2D eigenvalue weighted by molar-refractivity contribution is 6.03. The van der Waals surface area contributed by atoms with E-state index in [0.29, 0.717) is 32.8 Å². The summed E-state index contributed by atoms with van der Waals surface area (Å²) >= 11 is 0. The maximum absolute atomic E-state index is 15.3. The number of rotatable bonds is 9. The van der Waals surface area contributed by atoms with Gasteiger partial charge in [0.05, 0.1) is 28.2 Å². The summed E-state index contributed by atoms with van der Waals surface area (Å²) in [5, 5.41) is 28.5. The number of aliphatic hydroxyl groups is 1. The summed E-state index contributed by atoms with van der Waals surface area (Å²) in [5.74, 6) is -3.24. The van der Waals surface area contributed by atoms with E-state index in [2.05, 4.69) is 28.1 Å². The van der Waals surface area contributed by atoms with Crippen molar-refractivity contribution in [3.63, 3.8) is 0 Å². The number of aromatic nitrogens is 5. The number of ketones is 1. The summed E-state index contributed by atoms with van der Waals surface area (Å²) in [7, 11) is 1.62. The summed E-state index contributed by atoms with van der Waals surface area (Å²) in [4.78, 5) is 18.7. The highest BCUT2D eigenvalue weighted by Gasteiger charge is 2.67. The molecule has 2 aliphatic rings. The number of aryl methyl sites for hydroxylation is 1. The van der Waals surface area contributed by atoms with Crippen molar-refractivity contribution in [2.45, 2.75) is 69.4 Å². The Bertz CT molecular complexity index is 2410. The van der Waals surface area contributed by atoms with Gasteiger partial charge in [0.15, 0.2) is 11.6 Å². The van der Waals surface area contributed by atoms with Crippen LogP contribution in [0.5, 0.6) is 0 Å². The second-order valence-corrected chi connectivity index (χ2v) is 14.0. The molecule has 2 aromatic carbocycles. The van der Waals surface area contributed by atoms with Crippen LogP contribution < -0.4 is 5.73 Å². The molecular weight excluding hydrogens is 700 g/mol. The third kappa shape index (κ3) is 6.50. The molecule has 0 spiro atoms. The molecular formula is C38H31F6N7O2. The number of nitriles is 1. The number of fused-ring (bicyclic) bond motifs is 4. The largest absolute Gasteiger partial charge is 0.382 e. The van der Waals surface area contributed by atoms with Crippen molar-refractivity contribution >= 4 is 22.5 Å². The number of hydrogen-bond acceptors (Lipinski definition) is 7. The van der Waals surface area contributed by atoms with Crippen molar-refractivity contribution in [3.05, 3.63) is 93.6 Å². The maximum Gasteiger partial charge on any atom is 0.293 e. The summed E-state index contributed by atoms with van der Waals surface area (Å²) in [5.41, 5.74) is 5.16. The van der Waals surface area contributed by atoms with Crippen LogP contribution in [0.25, 0.3) is 22.0 Å². The fourth-order valence-electron chi connectivity index (χ4n) is 7.42. The fourth-order valence-corrected chi connectivity index (χ4v) is 7.42. The summed E-state index contributed by atoms with van der Waals surface area (Å²) in [6, 6.07) is 11.3. The van der Waals surface area contributed by atoms with Crippen molar-refractivity contribution in [3.8, 4) is 29.0 Å². The summed E-state index contributed by atoms with van der Waals surface area (Å²) in [6.07, 6.45) is -3.71. The van der Waals surface area contributed by atoms with Crippen molar-refractivity contribution in [2.24, 2.45) is 13.0 Å². The summed E-state index contributed by atoms with van der Waals surface area (Å²) in [6.45, 7) is 2.16. The zero-order valence-electron chi connectivity index (χ0n) is 28.6. The van der Waals surface area contributed by atoms with E-state index in [1.54, 1.807) is 25.2 Å². The zero-order valence-corrected chi connectivity index (χ0v) is 28.6. The lowest BCUT2D eigenvalue weighted by atomic mass is 9.86. The predicted molar refractivity (Wildman–Crippen MR) is 181 cm³/mol. The molecule has 272 valence electrons. The van der Waals surface area contributed by atoms with Crippen LogP contribution in [0, 0.1) is 40.7 Å². The van der Waals surface area contributed by atoms with Gasteiger partial charge in [0, 0.05) is 48.1 Å². The Kier molecular flexibility index (Phi) is 8.61. The second-order valence-electron chi connectivity index (χ2n) is 14.0. The number of pyridine rings is 1. The monoisotopic (exact) mass is 731 g/mol. The minimum Gasteiger partial charge on any atom is -0.382 e. The Morgan fingerprint density at radius 3 is 2.45 bits per heavy atom. The van der Waals surface area contributed by atoms with Gasteiger partial charge in [0.2, 0.25) is 0 Å². The second kappa shape index (κ2) is 12.8. The van der Waals surface area contributed by atoms with Gasteiger partial charge >= 0.3 is 0 Å². The maximum atomic E-state index is 15.3. The number of nitrogen functional groups attached to an aromatic ring is 1. The Balaban J connectivity index is 1.38. The minimum atomic E-state index is -3.45. The zero-order chi connectivity index (χ0) is 38.1. The molecule has 3 aromatic heterocycles. The van der Waals surface area contributed by atoms with Crippen molar-refractivity contribution in [1.29, 1.82) is 5.26 Å². The molecule has 15 heteroatoms. The van der Waals surface area contributed by atoms with E-state index in [0.717, 1.165) is 12.1 Å². The molecule has 1 fully saturated rings. The minimum absolute atomic E-state index is 0.0533. The first-order valence-corrected chi connectivity index (χ1v) is 16.6. The first-order valence-electron chi connectivity index (χ1n) is 16.6. The van der Waals surface area contributed by atoms with E-state index in [1.807, 2.05) is 0 Å². The quantitative estimate of drug-likeness (QED) is 0.126. The van der Waals surface area contributed by atoms with Crippen LogP contribution in [0.15, 0.2) is 42.5 Å². The number of alkyl halides is 4. The smallest absolute Gasteiger partial charge is 0.293 e. The predicted octanol–water partition coefficient (Wildman–Crippen LogP) is 6.82. The van der Waals surface area contributed by atoms with E-state index >= 15 is 8.78 Å². The van der Waals surface area contributed by atoms with Crippen LogP contribution in [0.3, 0.4) is 0 Å². The van der Waals surface area contributed by atoms with Gasteiger partial charge in [-0.2, -0.15) is 24.2 Å². The molecule has 2 aliphatic carbocycles. The third-order valence-electron chi connectivity index (χ3n) is 9.61. The van der Waals surface area contributed by atoms with Gasteiger partial charge in [0.1, 0.15) is 40.9 Å². The Hall–Kier alpha value is -5.67. The van der Waals surface area contributed by atoms with Crippen molar-refractivity contribution in [2.75, 3.05) is 5.73 Å². The van der Waals surface area contributed by atoms with Crippen LogP contribution in [-0.4, -0.2) is 41.0 Å². The van der Waals surface area contributed by atoms with Crippen LogP contribution in [0.2, 0.25) is 0 Å². The number of hydrogen-bond donors (Lipinski definition) is 2. The first-order chi connectivity index (χ1) is 25.0. The molecule has 9 nitrogen and oxygen atoms in total. The standard InChI is InChI=1S/C38H31F6N7O2/c1-37(2,53)9-8-23-5-7-25(26-6-4-19(16-45)29-33(26)50(3)49-36(29)46)31(47-23)20(10-18-11-21(39)14-22(40)12-18)13-24(52)17-51-34-30(32(48-51)35(41)42)27-15-28(27)38(34,43)44/h4-7,11-12,14,20,27-28,35,53H,10,13,15,17H2,1-3H3,(H2,46,49)/t20-,27+,28-/m1/s1. The van der Waals surface area contributed by atoms with Crippen LogP contribution in [-0.2, 0) is 30.7 Å². The Morgan fingerprint density at radius 1 is 1.09 bits per heavy atom. The van der Waals surface area contributed by atoms with E-state index in [1.165, 1.54) is 24.6 Å². The number of Topliss-reactive ketones (excluding diaryl/α,β-unsaturated/α-hetero) is 1. The average molecular weight is 732 g/mol. The number of benzene rings is 2. The molecule has 0 amide bonds. The molecule has 5 aromatic rings. The highest BCUT2D eigenvalue weighted by atomic mass is 19.3. The normalized spacial score (nSPS) is 17.6. The van der Waals surface area contributed by atoms with Gasteiger partial charge in [-0.05, 0) is 74.4 Å². The van der Waals surface area contributed by atoms with E-state index in [-0.39, 0.29) is 46.7 Å². The third-order valence-corrected chi connectivity index (χ3v) is 9.61. The van der Waals surface area contributed by atoms with Gasteiger partial charge in [-0.15, -0.1) is 0 Å². The van der Waals surface area contributed by atoms with Gasteiger partial charge in [-0.1, -0.05) is 12.0 Å². The number of anilines is 1. The topological polar surface area (TPSA) is 136 Å². The molecule has 1 saturated carbocycles. The number of nitrogens with zero attached hydrogens (tertiary/aromatic N) is 6. The van der Waals surface area contributed by atoms with E-state index in [9.17, 15) is 32.7 Å². The SMILES string of the molecule is Cn1nc(N)c2c(C#N)ccc(-c3ccc(C#CC(C)(C)O)nc3[C@@H](CC(=O)Cn3nc(C(F)F)c4c3C(F)(F)[C@@H]3C[C@H]43)Cc3cc(F)cc(F)c3)c21.